The molecule has 5 nitrogen and oxygen atoms in total. The quantitative estimate of drug-likeness (QED) is 0.615. The first-order valence-electron chi connectivity index (χ1n) is 7.36. The van der Waals surface area contributed by atoms with Crippen molar-refractivity contribution in [3.05, 3.63) is 57.7 Å². The highest BCUT2D eigenvalue weighted by molar-refractivity contribution is 7.98. The lowest BCUT2D eigenvalue weighted by molar-refractivity contribution is -0.115. The largest absolute Gasteiger partial charge is 0.325 e. The molecule has 2 aromatic heterocycles. The van der Waals surface area contributed by atoms with Crippen LogP contribution in [0, 0.1) is 0 Å². The number of rotatable bonds is 6. The standard InChI is InChI=1S/C17H15N3O2S3/c1-23-14-5-3-2-4-13(14)19-15(21)8-12-10-25-17(18-12)20-16(22)11-6-7-24-9-11/h2-7,9-10H,8H2,1H3,(H,19,21)(H,18,20,22). The summed E-state index contributed by atoms with van der Waals surface area (Å²) in [6.45, 7) is 0. The van der Waals surface area contributed by atoms with Gasteiger partial charge in [0.05, 0.1) is 23.4 Å². The molecule has 0 aliphatic carbocycles. The number of thiazole rings is 1. The molecule has 0 aliphatic heterocycles. The highest BCUT2D eigenvalue weighted by Gasteiger charge is 2.12. The number of anilines is 2. The number of carbonyl (C=O) groups excluding carboxylic acids is 2. The minimum absolute atomic E-state index is 0.137. The van der Waals surface area contributed by atoms with Crippen LogP contribution in [0.4, 0.5) is 10.8 Å². The van der Waals surface area contributed by atoms with Gasteiger partial charge in [0.1, 0.15) is 0 Å². The van der Waals surface area contributed by atoms with Crippen molar-refractivity contribution in [1.29, 1.82) is 0 Å². The Morgan fingerprint density at radius 3 is 2.76 bits per heavy atom. The molecule has 0 spiro atoms. The highest BCUT2D eigenvalue weighted by atomic mass is 32.2. The van der Waals surface area contributed by atoms with Gasteiger partial charge in [0.2, 0.25) is 5.91 Å². The maximum absolute atomic E-state index is 12.2. The van der Waals surface area contributed by atoms with Crippen LogP contribution in [-0.4, -0.2) is 23.1 Å². The van der Waals surface area contributed by atoms with Crippen LogP contribution in [0.1, 0.15) is 16.1 Å². The molecule has 128 valence electrons. The molecule has 2 amide bonds. The molecule has 0 saturated heterocycles. The van der Waals surface area contributed by atoms with E-state index in [2.05, 4.69) is 15.6 Å². The van der Waals surface area contributed by atoms with Gasteiger partial charge in [-0.1, -0.05) is 12.1 Å². The number of nitrogens with zero attached hydrogens (tertiary/aromatic N) is 1. The molecule has 3 rings (SSSR count). The lowest BCUT2D eigenvalue weighted by Crippen LogP contribution is -2.15. The topological polar surface area (TPSA) is 71.1 Å². The number of hydrogen-bond acceptors (Lipinski definition) is 6. The fourth-order valence-corrected chi connectivity index (χ4v) is 4.01. The van der Waals surface area contributed by atoms with Crippen molar-refractivity contribution in [2.24, 2.45) is 0 Å². The zero-order chi connectivity index (χ0) is 17.6. The third kappa shape index (κ3) is 4.68. The summed E-state index contributed by atoms with van der Waals surface area (Å²) in [6.07, 6.45) is 2.13. The monoisotopic (exact) mass is 389 g/mol. The number of thioether (sulfide) groups is 1. The molecular weight excluding hydrogens is 374 g/mol. The summed E-state index contributed by atoms with van der Waals surface area (Å²) in [5, 5.41) is 11.5. The Bertz CT molecular complexity index is 875. The number of hydrogen-bond donors (Lipinski definition) is 2. The lowest BCUT2D eigenvalue weighted by atomic mass is 10.3. The number of para-hydroxylation sites is 1. The molecule has 0 bridgehead atoms. The van der Waals surface area contributed by atoms with Crippen LogP contribution < -0.4 is 10.6 Å². The summed E-state index contributed by atoms with van der Waals surface area (Å²) in [5.41, 5.74) is 2.03. The molecule has 0 radical (unpaired) electrons. The Morgan fingerprint density at radius 1 is 1.16 bits per heavy atom. The van der Waals surface area contributed by atoms with E-state index in [-0.39, 0.29) is 18.2 Å². The van der Waals surface area contributed by atoms with Crippen molar-refractivity contribution in [2.45, 2.75) is 11.3 Å². The molecule has 2 N–H and O–H groups in total. The summed E-state index contributed by atoms with van der Waals surface area (Å²) in [4.78, 5) is 29.5. The Kier molecular flexibility index (Phi) is 5.85. The zero-order valence-electron chi connectivity index (χ0n) is 13.3. The highest BCUT2D eigenvalue weighted by Crippen LogP contribution is 2.25. The lowest BCUT2D eigenvalue weighted by Gasteiger charge is -2.08. The summed E-state index contributed by atoms with van der Waals surface area (Å²) in [7, 11) is 0. The molecule has 0 fully saturated rings. The van der Waals surface area contributed by atoms with Crippen molar-refractivity contribution in [3.8, 4) is 0 Å². The molecule has 0 atom stereocenters. The van der Waals surface area contributed by atoms with E-state index in [1.165, 1.54) is 22.7 Å². The van der Waals surface area contributed by atoms with Crippen molar-refractivity contribution >= 4 is 57.1 Å². The fourth-order valence-electron chi connectivity index (χ4n) is 2.12. The number of benzene rings is 1. The average molecular weight is 390 g/mol. The summed E-state index contributed by atoms with van der Waals surface area (Å²) >= 11 is 4.35. The van der Waals surface area contributed by atoms with Gasteiger partial charge >= 0.3 is 0 Å². The zero-order valence-corrected chi connectivity index (χ0v) is 15.8. The minimum Gasteiger partial charge on any atom is -0.325 e. The molecule has 1 aromatic carbocycles. The van der Waals surface area contributed by atoms with Crippen molar-refractivity contribution in [1.82, 2.24) is 4.98 Å². The van der Waals surface area contributed by atoms with E-state index in [0.29, 0.717) is 16.4 Å². The first-order chi connectivity index (χ1) is 12.2. The molecule has 0 saturated carbocycles. The Labute approximate surface area is 157 Å². The predicted molar refractivity (Wildman–Crippen MR) is 105 cm³/mol. The number of amides is 2. The summed E-state index contributed by atoms with van der Waals surface area (Å²) in [6, 6.07) is 9.41. The van der Waals surface area contributed by atoms with E-state index in [4.69, 9.17) is 0 Å². The van der Waals surface area contributed by atoms with Crippen molar-refractivity contribution < 1.29 is 9.59 Å². The Hall–Kier alpha value is -2.16. The van der Waals surface area contributed by atoms with Crippen LogP contribution in [0.15, 0.2) is 51.4 Å². The molecule has 8 heteroatoms. The number of carbonyl (C=O) groups is 2. The first kappa shape index (κ1) is 17.7. The Morgan fingerprint density at radius 2 is 2.00 bits per heavy atom. The smallest absolute Gasteiger partial charge is 0.258 e. The second kappa shape index (κ2) is 8.28. The molecule has 0 unspecified atom stereocenters. The molecule has 2 heterocycles. The number of aromatic nitrogens is 1. The van der Waals surface area contributed by atoms with E-state index in [1.807, 2.05) is 35.9 Å². The van der Waals surface area contributed by atoms with Crippen LogP contribution in [-0.2, 0) is 11.2 Å². The third-order valence-corrected chi connectivity index (χ3v) is 5.56. The third-order valence-electron chi connectivity index (χ3n) is 3.28. The van der Waals surface area contributed by atoms with Gasteiger partial charge in [-0.05, 0) is 29.8 Å². The van der Waals surface area contributed by atoms with E-state index in [1.54, 1.807) is 28.6 Å². The number of nitrogens with one attached hydrogen (secondary N) is 2. The van der Waals surface area contributed by atoms with Crippen LogP contribution in [0.5, 0.6) is 0 Å². The van der Waals surface area contributed by atoms with Gasteiger partial charge in [0.25, 0.3) is 5.91 Å². The van der Waals surface area contributed by atoms with E-state index in [9.17, 15) is 9.59 Å². The van der Waals surface area contributed by atoms with E-state index >= 15 is 0 Å². The van der Waals surface area contributed by atoms with Gasteiger partial charge in [-0.2, -0.15) is 11.3 Å². The van der Waals surface area contributed by atoms with Crippen LogP contribution in [0.3, 0.4) is 0 Å². The van der Waals surface area contributed by atoms with Gasteiger partial charge < -0.3 is 5.32 Å². The molecule has 25 heavy (non-hydrogen) atoms. The maximum atomic E-state index is 12.2. The van der Waals surface area contributed by atoms with Crippen molar-refractivity contribution in [2.75, 3.05) is 16.9 Å². The van der Waals surface area contributed by atoms with Gasteiger partial charge in [-0.15, -0.1) is 23.1 Å². The second-order valence-corrected chi connectivity index (χ2v) is 7.52. The van der Waals surface area contributed by atoms with Gasteiger partial charge in [-0.3, -0.25) is 14.9 Å². The van der Waals surface area contributed by atoms with Crippen LogP contribution in [0.2, 0.25) is 0 Å². The normalized spacial score (nSPS) is 10.4. The van der Waals surface area contributed by atoms with Gasteiger partial charge in [0.15, 0.2) is 5.13 Å². The van der Waals surface area contributed by atoms with E-state index in [0.717, 1.165) is 10.6 Å². The SMILES string of the molecule is CSc1ccccc1NC(=O)Cc1csc(NC(=O)c2ccsc2)n1. The predicted octanol–water partition coefficient (Wildman–Crippen LogP) is 4.36. The molecular formula is C17H15N3O2S3. The second-order valence-electron chi connectivity index (χ2n) is 5.04. The number of thiophene rings is 1. The minimum atomic E-state index is -0.194. The average Bonchev–Trinajstić information content (AvgIpc) is 3.27. The molecule has 3 aromatic rings. The summed E-state index contributed by atoms with van der Waals surface area (Å²) < 4.78 is 0. The van der Waals surface area contributed by atoms with Crippen LogP contribution in [0.25, 0.3) is 0 Å². The molecule has 0 aliphatic rings. The fraction of sp³-hybridized carbons (Fsp3) is 0.118. The van der Waals surface area contributed by atoms with Gasteiger partial charge in [-0.25, -0.2) is 4.98 Å². The summed E-state index contributed by atoms with van der Waals surface area (Å²) in [5.74, 6) is -0.331. The first-order valence-corrected chi connectivity index (χ1v) is 10.4. The van der Waals surface area contributed by atoms with Crippen LogP contribution >= 0.6 is 34.4 Å². The van der Waals surface area contributed by atoms with E-state index < -0.39 is 0 Å². The Balaban J connectivity index is 1.59. The maximum Gasteiger partial charge on any atom is 0.258 e. The van der Waals surface area contributed by atoms with Crippen molar-refractivity contribution in [3.63, 3.8) is 0 Å². The van der Waals surface area contributed by atoms with Gasteiger partial charge in [0, 0.05) is 15.7 Å².